The first-order chi connectivity index (χ1) is 19.4. The molecule has 9 nitrogen and oxygen atoms in total. The molecular weight excluding hydrogens is 535 g/mol. The van der Waals surface area contributed by atoms with E-state index in [9.17, 15) is 14.0 Å². The molecule has 3 heterocycles. The first-order valence-electron chi connectivity index (χ1n) is 13.0. The molecule has 5 rings (SSSR count). The second-order valence-electron chi connectivity index (χ2n) is 9.55. The number of nitriles is 1. The summed E-state index contributed by atoms with van der Waals surface area (Å²) >= 11 is 5.98. The van der Waals surface area contributed by atoms with Gasteiger partial charge in [-0.3, -0.25) is 9.78 Å². The summed E-state index contributed by atoms with van der Waals surface area (Å²) < 4.78 is 17.1. The number of nitrogens with one attached hydrogen (secondary N) is 1. The number of benzene rings is 2. The smallest absolute Gasteiger partial charge is 0.410 e. The zero-order valence-electron chi connectivity index (χ0n) is 22.1. The third kappa shape index (κ3) is 7.67. The van der Waals surface area contributed by atoms with Crippen molar-refractivity contribution < 1.29 is 18.7 Å². The number of nitrogens with zero attached hydrogens (tertiary/aromatic N) is 5. The van der Waals surface area contributed by atoms with Crippen molar-refractivity contribution in [2.75, 3.05) is 38.1 Å². The second-order valence-corrected chi connectivity index (χ2v) is 9.99. The predicted octanol–water partition coefficient (Wildman–Crippen LogP) is 4.78. The lowest BCUT2D eigenvalue weighted by Gasteiger charge is -2.33. The average molecular weight is 565 g/mol. The molecule has 3 aromatic rings. The van der Waals surface area contributed by atoms with Crippen molar-refractivity contribution in [2.24, 2.45) is 5.92 Å². The molecule has 11 heteroatoms. The van der Waals surface area contributed by atoms with Crippen LogP contribution in [0.1, 0.15) is 36.4 Å². The summed E-state index contributed by atoms with van der Waals surface area (Å²) in [7, 11) is 1.45. The van der Waals surface area contributed by atoms with Gasteiger partial charge in [0.15, 0.2) is 5.69 Å². The molecule has 2 fully saturated rings. The topological polar surface area (TPSA) is 111 Å². The summed E-state index contributed by atoms with van der Waals surface area (Å²) in [5.41, 5.74) is 1.58. The van der Waals surface area contributed by atoms with Crippen molar-refractivity contribution in [1.82, 2.24) is 20.2 Å². The van der Waals surface area contributed by atoms with Gasteiger partial charge in [-0.15, -0.1) is 0 Å². The van der Waals surface area contributed by atoms with Gasteiger partial charge in [-0.25, -0.2) is 14.2 Å². The molecule has 0 spiro atoms. The van der Waals surface area contributed by atoms with Crippen molar-refractivity contribution in [2.45, 2.75) is 25.2 Å². The number of piperidine rings is 1. The molecule has 2 aliphatic heterocycles. The molecule has 2 aromatic carbocycles. The summed E-state index contributed by atoms with van der Waals surface area (Å²) in [6.45, 7) is 3.13. The number of carbonyl (C=O) groups excluding carboxylic acids is 2. The highest BCUT2D eigenvalue weighted by Gasteiger charge is 2.33. The minimum atomic E-state index is -0.568. The number of aromatic nitrogens is 2. The highest BCUT2D eigenvalue weighted by atomic mass is 35.5. The fraction of sp³-hybridized carbons (Fsp3) is 0.345. The van der Waals surface area contributed by atoms with Gasteiger partial charge in [0, 0.05) is 50.1 Å². The molecule has 0 unspecified atom stereocenters. The molecule has 40 heavy (non-hydrogen) atoms. The summed E-state index contributed by atoms with van der Waals surface area (Å²) in [6, 6.07) is 15.2. The number of ether oxygens (including phenoxy) is 1. The van der Waals surface area contributed by atoms with Gasteiger partial charge in [-0.05, 0) is 61.2 Å². The van der Waals surface area contributed by atoms with E-state index >= 15 is 0 Å². The molecule has 0 aliphatic carbocycles. The van der Waals surface area contributed by atoms with Crippen molar-refractivity contribution >= 4 is 29.4 Å². The lowest BCUT2D eigenvalue weighted by molar-refractivity contribution is -0.135. The third-order valence-corrected chi connectivity index (χ3v) is 7.23. The van der Waals surface area contributed by atoms with Crippen LogP contribution in [0.5, 0.6) is 5.75 Å². The SMILES string of the molecule is CNC(=O)Oc1ccc(F)cc1.N#Cc1cncc(N2CCC(C(=O)N3CC[C@H](c4ccc(Cl)cc4)C3)CC2)n1. The van der Waals surface area contributed by atoms with Gasteiger partial charge in [0.05, 0.1) is 12.4 Å². The fourth-order valence-electron chi connectivity index (χ4n) is 4.80. The van der Waals surface area contributed by atoms with Crippen LogP contribution < -0.4 is 15.0 Å². The normalized spacial score (nSPS) is 16.9. The van der Waals surface area contributed by atoms with Crippen LogP contribution in [-0.4, -0.2) is 60.1 Å². The van der Waals surface area contributed by atoms with E-state index in [1.807, 2.05) is 23.1 Å². The Balaban J connectivity index is 0.000000259. The number of hydrogen-bond donors (Lipinski definition) is 1. The molecule has 2 aliphatic rings. The lowest BCUT2D eigenvalue weighted by atomic mass is 9.95. The molecule has 2 saturated heterocycles. The predicted molar refractivity (Wildman–Crippen MR) is 149 cm³/mol. The molecule has 0 bridgehead atoms. The van der Waals surface area contributed by atoms with E-state index < -0.39 is 6.09 Å². The minimum absolute atomic E-state index is 0.0623. The summed E-state index contributed by atoms with van der Waals surface area (Å²) in [6.07, 6.45) is 5.19. The summed E-state index contributed by atoms with van der Waals surface area (Å²) in [5.74, 6) is 1.40. The van der Waals surface area contributed by atoms with E-state index in [1.54, 1.807) is 6.20 Å². The number of likely N-dealkylation sites (tertiary alicyclic amines) is 1. The van der Waals surface area contributed by atoms with Gasteiger partial charge >= 0.3 is 6.09 Å². The molecule has 1 aromatic heterocycles. The van der Waals surface area contributed by atoms with Gasteiger partial charge in [-0.1, -0.05) is 23.7 Å². The molecule has 1 atom stereocenters. The van der Waals surface area contributed by atoms with E-state index in [0.717, 1.165) is 50.5 Å². The van der Waals surface area contributed by atoms with Gasteiger partial charge in [0.2, 0.25) is 5.91 Å². The van der Waals surface area contributed by atoms with Crippen molar-refractivity contribution in [3.8, 4) is 11.8 Å². The summed E-state index contributed by atoms with van der Waals surface area (Å²) in [5, 5.41) is 12.0. The second kappa shape index (κ2) is 13.7. The van der Waals surface area contributed by atoms with E-state index in [1.165, 1.54) is 43.1 Å². The average Bonchev–Trinajstić information content (AvgIpc) is 3.49. The quantitative estimate of drug-likeness (QED) is 0.485. The maximum Gasteiger partial charge on any atom is 0.412 e. The van der Waals surface area contributed by atoms with Crippen LogP contribution in [0.3, 0.4) is 0 Å². The van der Waals surface area contributed by atoms with Gasteiger partial charge in [0.1, 0.15) is 23.5 Å². The van der Waals surface area contributed by atoms with E-state index in [4.69, 9.17) is 21.6 Å². The van der Waals surface area contributed by atoms with Crippen LogP contribution in [0.2, 0.25) is 5.02 Å². The molecule has 2 amide bonds. The summed E-state index contributed by atoms with van der Waals surface area (Å²) in [4.78, 5) is 36.2. The van der Waals surface area contributed by atoms with Crippen molar-refractivity contribution in [3.63, 3.8) is 0 Å². The van der Waals surface area contributed by atoms with Crippen LogP contribution >= 0.6 is 11.6 Å². The number of hydrogen-bond acceptors (Lipinski definition) is 7. The maximum absolute atomic E-state index is 13.0. The van der Waals surface area contributed by atoms with Crippen molar-refractivity contribution in [1.29, 1.82) is 5.26 Å². The van der Waals surface area contributed by atoms with Crippen LogP contribution in [0.4, 0.5) is 15.0 Å². The standard InChI is InChI=1S/C21H22ClN5O.C8H8FNO2/c22-18-3-1-15(2-4-18)17-7-10-27(14-17)21(28)16-5-8-26(9-6-16)20-13-24-12-19(11-23)25-20;1-10-8(11)12-7-4-2-6(9)3-5-7/h1-4,12-13,16-17H,5-10,14H2;2-5H,1H3,(H,10,11)/t17-;/m0./s1. The maximum atomic E-state index is 13.0. The van der Waals surface area contributed by atoms with Crippen LogP contribution in [0.25, 0.3) is 0 Å². The number of halogens is 2. The Kier molecular flexibility index (Phi) is 9.86. The van der Waals surface area contributed by atoms with Gasteiger partial charge < -0.3 is 19.9 Å². The Morgan fingerprint density at radius 2 is 1.75 bits per heavy atom. The van der Waals surface area contributed by atoms with E-state index in [0.29, 0.717) is 23.2 Å². The van der Waals surface area contributed by atoms with Crippen LogP contribution in [0, 0.1) is 23.1 Å². The Morgan fingerprint density at radius 1 is 1.05 bits per heavy atom. The zero-order chi connectivity index (χ0) is 28.5. The first-order valence-corrected chi connectivity index (χ1v) is 13.4. The zero-order valence-corrected chi connectivity index (χ0v) is 22.9. The van der Waals surface area contributed by atoms with E-state index in [-0.39, 0.29) is 17.6 Å². The largest absolute Gasteiger partial charge is 0.412 e. The monoisotopic (exact) mass is 564 g/mol. The number of amides is 2. The number of anilines is 1. The molecule has 208 valence electrons. The van der Waals surface area contributed by atoms with Crippen LogP contribution in [0.15, 0.2) is 60.9 Å². The first kappa shape index (κ1) is 28.8. The number of carbonyl (C=O) groups is 2. The van der Waals surface area contributed by atoms with Crippen molar-refractivity contribution in [3.05, 3.63) is 83.0 Å². The highest BCUT2D eigenvalue weighted by Crippen LogP contribution is 2.31. The number of rotatable bonds is 4. The highest BCUT2D eigenvalue weighted by molar-refractivity contribution is 6.30. The van der Waals surface area contributed by atoms with Gasteiger partial charge in [-0.2, -0.15) is 5.26 Å². The fourth-order valence-corrected chi connectivity index (χ4v) is 4.93. The molecule has 1 N–H and O–H groups in total. The lowest BCUT2D eigenvalue weighted by Crippen LogP contribution is -2.42. The molecule has 0 radical (unpaired) electrons. The van der Waals surface area contributed by atoms with Gasteiger partial charge in [0.25, 0.3) is 0 Å². The Morgan fingerprint density at radius 3 is 2.40 bits per heavy atom. The molecule has 0 saturated carbocycles. The Bertz CT molecular complexity index is 1340. The molecular formula is C29H30ClFN6O3. The third-order valence-electron chi connectivity index (χ3n) is 6.97. The van der Waals surface area contributed by atoms with Crippen LogP contribution in [-0.2, 0) is 4.79 Å². The van der Waals surface area contributed by atoms with E-state index in [2.05, 4.69) is 32.3 Å². The Hall–Kier alpha value is -4.23. The minimum Gasteiger partial charge on any atom is -0.410 e. The Labute approximate surface area is 237 Å².